The zero-order valence-electron chi connectivity index (χ0n) is 15.3. The molecule has 0 unspecified atom stereocenters. The number of ether oxygens (including phenoxy) is 1. The minimum Gasteiger partial charge on any atom is -0.591 e. The van der Waals surface area contributed by atoms with Crippen molar-refractivity contribution in [2.75, 3.05) is 6.61 Å². The van der Waals surface area contributed by atoms with Crippen LogP contribution in [0.5, 0.6) is 5.75 Å². The second kappa shape index (κ2) is 6.98. The van der Waals surface area contributed by atoms with Gasteiger partial charge in [0.15, 0.2) is 0 Å². The average Bonchev–Trinajstić information content (AvgIpc) is 2.91. The summed E-state index contributed by atoms with van der Waals surface area (Å²) in [6.07, 6.45) is 0. The van der Waals surface area contributed by atoms with Crippen LogP contribution in [-0.4, -0.2) is 21.6 Å². The monoisotopic (exact) mass is 373 g/mol. The lowest BCUT2D eigenvalue weighted by Gasteiger charge is -2.18. The molecule has 0 aliphatic heterocycles. The number of thiophene rings is 1. The fraction of sp³-hybridized carbons (Fsp3) is 0.350. The molecule has 1 heterocycles. The first kappa shape index (κ1) is 18.2. The number of benzene rings is 2. The molecule has 2 aromatic carbocycles. The Labute approximate surface area is 156 Å². The molecule has 0 spiro atoms. The lowest BCUT2D eigenvalue weighted by atomic mass is 10.1. The van der Waals surface area contributed by atoms with Crippen molar-refractivity contribution in [3.8, 4) is 5.75 Å². The Morgan fingerprint density at radius 2 is 1.76 bits per heavy atom. The quantitative estimate of drug-likeness (QED) is 0.433. The maximum atomic E-state index is 12.3. The number of nitrogens with zero attached hydrogens (tertiary/aromatic N) is 1. The third kappa shape index (κ3) is 3.84. The minimum atomic E-state index is -1.25. The molecule has 0 radical (unpaired) electrons. The van der Waals surface area contributed by atoms with E-state index in [2.05, 4.69) is 34.7 Å². The average molecular weight is 374 g/mol. The van der Waals surface area contributed by atoms with Crippen molar-refractivity contribution < 1.29 is 9.29 Å². The third-order valence-corrected chi connectivity index (χ3v) is 6.55. The van der Waals surface area contributed by atoms with Crippen LogP contribution in [0.3, 0.4) is 0 Å². The van der Waals surface area contributed by atoms with Crippen molar-refractivity contribution in [2.24, 2.45) is 4.40 Å². The summed E-state index contributed by atoms with van der Waals surface area (Å²) >= 11 is 0.517. The van der Waals surface area contributed by atoms with Crippen molar-refractivity contribution in [1.29, 1.82) is 0 Å². The third-order valence-electron chi connectivity index (χ3n) is 3.91. The molecule has 0 fully saturated rings. The van der Waals surface area contributed by atoms with E-state index in [0.29, 0.717) is 6.61 Å². The van der Waals surface area contributed by atoms with Gasteiger partial charge in [-0.3, -0.25) is 0 Å². The molecule has 1 aromatic heterocycles. The van der Waals surface area contributed by atoms with Gasteiger partial charge in [0.1, 0.15) is 21.9 Å². The van der Waals surface area contributed by atoms with E-state index in [0.717, 1.165) is 17.0 Å². The van der Waals surface area contributed by atoms with Gasteiger partial charge in [0.2, 0.25) is 0 Å². The first-order valence-corrected chi connectivity index (χ1v) is 10.3. The van der Waals surface area contributed by atoms with Crippen molar-refractivity contribution >= 4 is 48.6 Å². The summed E-state index contributed by atoms with van der Waals surface area (Å²) in [6.45, 7) is 10.4. The van der Waals surface area contributed by atoms with Crippen LogP contribution in [0.4, 0.5) is 0 Å². The molecule has 3 rings (SSSR count). The summed E-state index contributed by atoms with van der Waals surface area (Å²) in [5.74, 6) is 0.888. The van der Waals surface area contributed by atoms with E-state index >= 15 is 0 Å². The van der Waals surface area contributed by atoms with Gasteiger partial charge in [0.05, 0.1) is 12.3 Å². The van der Waals surface area contributed by atoms with Crippen molar-refractivity contribution in [1.82, 2.24) is 0 Å². The Bertz CT molecular complexity index is 938. The van der Waals surface area contributed by atoms with Gasteiger partial charge < -0.3 is 9.29 Å². The second-order valence-electron chi connectivity index (χ2n) is 6.94. The Hall–Kier alpha value is -1.56. The lowest BCUT2D eigenvalue weighted by molar-refractivity contribution is 0.341. The fourth-order valence-corrected chi connectivity index (χ4v) is 4.25. The standard InChI is InChI=1S/C20H23NO2S2/c1-6-23-15-8-10-19-17(12-15)16-11-14(7-9-18(16)24-19)13(2)21-25(22)20(3,4)5/h7-12H,6H2,1-5H3/b21-13+/t25-/m1/s1. The molecule has 25 heavy (non-hydrogen) atoms. The van der Waals surface area contributed by atoms with Gasteiger partial charge in [-0.25, -0.2) is 0 Å². The second-order valence-corrected chi connectivity index (χ2v) is 9.93. The van der Waals surface area contributed by atoms with E-state index in [1.54, 1.807) is 11.3 Å². The van der Waals surface area contributed by atoms with Crippen LogP contribution in [0.25, 0.3) is 20.2 Å². The van der Waals surface area contributed by atoms with E-state index in [1.807, 2.05) is 40.7 Å². The van der Waals surface area contributed by atoms with Crippen molar-refractivity contribution in [2.45, 2.75) is 39.4 Å². The Balaban J connectivity index is 2.07. The maximum absolute atomic E-state index is 12.3. The molecular weight excluding hydrogens is 350 g/mol. The molecule has 0 aliphatic carbocycles. The van der Waals surface area contributed by atoms with Crippen molar-refractivity contribution in [3.63, 3.8) is 0 Å². The summed E-state index contributed by atoms with van der Waals surface area (Å²) in [5.41, 5.74) is 1.81. The summed E-state index contributed by atoms with van der Waals surface area (Å²) in [4.78, 5) is 0. The number of hydrogen-bond acceptors (Lipinski definition) is 4. The van der Waals surface area contributed by atoms with E-state index in [4.69, 9.17) is 4.74 Å². The van der Waals surface area contributed by atoms with Gasteiger partial charge in [-0.15, -0.1) is 11.3 Å². The van der Waals surface area contributed by atoms with Crippen LogP contribution in [0.2, 0.25) is 0 Å². The molecule has 132 valence electrons. The van der Waals surface area contributed by atoms with Gasteiger partial charge in [0, 0.05) is 25.7 Å². The van der Waals surface area contributed by atoms with Gasteiger partial charge in [0.25, 0.3) is 0 Å². The first-order valence-electron chi connectivity index (χ1n) is 8.36. The Morgan fingerprint density at radius 1 is 1.12 bits per heavy atom. The van der Waals surface area contributed by atoms with E-state index < -0.39 is 11.4 Å². The zero-order chi connectivity index (χ0) is 18.2. The minimum absolute atomic E-state index is 0.354. The number of fused-ring (bicyclic) bond motifs is 3. The topological polar surface area (TPSA) is 44.6 Å². The van der Waals surface area contributed by atoms with Crippen LogP contribution in [0.1, 0.15) is 40.2 Å². The molecule has 1 atom stereocenters. The lowest BCUT2D eigenvalue weighted by Crippen LogP contribution is -2.26. The SMILES string of the molecule is CCOc1ccc2sc3ccc(/C(C)=N/[S@+]([O-])C(C)(C)C)cc3c2c1. The fourth-order valence-electron chi connectivity index (χ4n) is 2.55. The van der Waals surface area contributed by atoms with Gasteiger partial charge in [-0.05, 0) is 65.0 Å². The highest BCUT2D eigenvalue weighted by Gasteiger charge is 2.26. The van der Waals surface area contributed by atoms with Gasteiger partial charge >= 0.3 is 0 Å². The predicted octanol–water partition coefficient (Wildman–Crippen LogP) is 5.72. The first-order chi connectivity index (χ1) is 11.8. The molecule has 0 N–H and O–H groups in total. The molecule has 0 saturated carbocycles. The Morgan fingerprint density at radius 3 is 2.40 bits per heavy atom. The highest BCUT2D eigenvalue weighted by molar-refractivity contribution is 7.91. The van der Waals surface area contributed by atoms with E-state index in [-0.39, 0.29) is 4.75 Å². The van der Waals surface area contributed by atoms with Crippen LogP contribution < -0.4 is 4.74 Å². The van der Waals surface area contributed by atoms with E-state index in [1.165, 1.54) is 20.2 Å². The highest BCUT2D eigenvalue weighted by atomic mass is 32.2. The molecule has 0 aliphatic rings. The largest absolute Gasteiger partial charge is 0.591 e. The van der Waals surface area contributed by atoms with Gasteiger partial charge in [-0.2, -0.15) is 0 Å². The zero-order valence-corrected chi connectivity index (χ0v) is 16.9. The van der Waals surface area contributed by atoms with E-state index in [9.17, 15) is 4.55 Å². The summed E-state index contributed by atoms with van der Waals surface area (Å²) in [6, 6.07) is 12.5. The van der Waals surface area contributed by atoms with Crippen LogP contribution >= 0.6 is 11.3 Å². The molecule has 5 heteroatoms. The van der Waals surface area contributed by atoms with Crippen LogP contribution in [0.15, 0.2) is 40.8 Å². The summed E-state index contributed by atoms with van der Waals surface area (Å²) in [7, 11) is 0. The molecule has 0 bridgehead atoms. The van der Waals surface area contributed by atoms with Crippen LogP contribution in [-0.2, 0) is 11.4 Å². The predicted molar refractivity (Wildman–Crippen MR) is 111 cm³/mol. The molecule has 3 nitrogen and oxygen atoms in total. The number of rotatable bonds is 4. The summed E-state index contributed by atoms with van der Waals surface area (Å²) < 4.78 is 24.5. The normalized spacial score (nSPS) is 14.2. The van der Waals surface area contributed by atoms with Gasteiger partial charge in [-0.1, -0.05) is 10.5 Å². The molecular formula is C20H23NO2S2. The summed E-state index contributed by atoms with van der Waals surface area (Å²) in [5, 5.41) is 2.38. The van der Waals surface area contributed by atoms with Crippen molar-refractivity contribution in [3.05, 3.63) is 42.0 Å². The highest BCUT2D eigenvalue weighted by Crippen LogP contribution is 2.36. The maximum Gasteiger partial charge on any atom is 0.144 e. The van der Waals surface area contributed by atoms with Crippen LogP contribution in [0, 0.1) is 0 Å². The molecule has 0 saturated heterocycles. The molecule has 0 amide bonds. The Kier molecular flexibility index (Phi) is 5.09. The molecule has 3 aromatic rings. The number of hydrogen-bond donors (Lipinski definition) is 0. The smallest absolute Gasteiger partial charge is 0.144 e.